The van der Waals surface area contributed by atoms with Crippen molar-refractivity contribution in [2.75, 3.05) is 33.2 Å². The van der Waals surface area contributed by atoms with E-state index in [2.05, 4.69) is 16.8 Å². The zero-order valence-electron chi connectivity index (χ0n) is 13.9. The molecule has 2 nitrogen and oxygen atoms in total. The largest absolute Gasteiger partial charge is 0.304 e. The summed E-state index contributed by atoms with van der Waals surface area (Å²) in [5.74, 6) is -0.376. The number of likely N-dealkylation sites (N-methyl/N-ethyl adjacent to an activating group) is 1. The summed E-state index contributed by atoms with van der Waals surface area (Å²) in [7, 11) is 2.14. The number of fused-ring (bicyclic) bond motifs is 1. The van der Waals surface area contributed by atoms with Gasteiger partial charge in [-0.25, -0.2) is 8.78 Å². The van der Waals surface area contributed by atoms with E-state index in [4.69, 9.17) is 0 Å². The van der Waals surface area contributed by atoms with E-state index in [1.165, 1.54) is 11.6 Å². The predicted molar refractivity (Wildman–Crippen MR) is 91.1 cm³/mol. The van der Waals surface area contributed by atoms with Gasteiger partial charge in [0, 0.05) is 38.1 Å². The molecule has 0 spiro atoms. The van der Waals surface area contributed by atoms with Crippen molar-refractivity contribution in [1.29, 1.82) is 0 Å². The Morgan fingerprint density at radius 1 is 0.875 bits per heavy atom. The Bertz CT molecular complexity index is 738. The van der Waals surface area contributed by atoms with Crippen molar-refractivity contribution in [2.45, 2.75) is 18.4 Å². The van der Waals surface area contributed by atoms with Crippen molar-refractivity contribution in [2.24, 2.45) is 0 Å². The molecule has 1 saturated heterocycles. The van der Waals surface area contributed by atoms with E-state index in [9.17, 15) is 8.78 Å². The SMILES string of the molecule is CN1CCN(C2CC(c3cccc(F)c3)c3cc(F)ccc32)CC1. The van der Waals surface area contributed by atoms with Crippen LogP contribution in [0.1, 0.15) is 35.1 Å². The van der Waals surface area contributed by atoms with Gasteiger partial charge in [-0.05, 0) is 54.4 Å². The Morgan fingerprint density at radius 2 is 1.62 bits per heavy atom. The average molecular weight is 328 g/mol. The van der Waals surface area contributed by atoms with E-state index in [0.29, 0.717) is 6.04 Å². The monoisotopic (exact) mass is 328 g/mol. The molecule has 0 bridgehead atoms. The van der Waals surface area contributed by atoms with Gasteiger partial charge in [0.1, 0.15) is 11.6 Å². The molecule has 1 fully saturated rings. The number of benzene rings is 2. The van der Waals surface area contributed by atoms with E-state index in [0.717, 1.165) is 43.7 Å². The maximum absolute atomic E-state index is 13.9. The van der Waals surface area contributed by atoms with Crippen molar-refractivity contribution >= 4 is 0 Å². The first kappa shape index (κ1) is 15.7. The number of nitrogens with zero attached hydrogens (tertiary/aromatic N) is 2. The van der Waals surface area contributed by atoms with Crippen molar-refractivity contribution in [3.05, 3.63) is 70.8 Å². The minimum atomic E-state index is -0.228. The first-order valence-electron chi connectivity index (χ1n) is 8.59. The highest BCUT2D eigenvalue weighted by Crippen LogP contribution is 2.47. The van der Waals surface area contributed by atoms with Crippen molar-refractivity contribution in [3.8, 4) is 0 Å². The zero-order chi connectivity index (χ0) is 16.7. The molecule has 1 aliphatic carbocycles. The molecule has 2 aromatic rings. The molecule has 1 heterocycles. The van der Waals surface area contributed by atoms with E-state index in [-0.39, 0.29) is 17.6 Å². The molecule has 1 aliphatic heterocycles. The van der Waals surface area contributed by atoms with Crippen LogP contribution in [0, 0.1) is 11.6 Å². The molecular weight excluding hydrogens is 306 g/mol. The molecule has 4 rings (SSSR count). The highest BCUT2D eigenvalue weighted by Gasteiger charge is 2.36. The lowest BCUT2D eigenvalue weighted by atomic mass is 9.93. The van der Waals surface area contributed by atoms with Crippen LogP contribution < -0.4 is 0 Å². The first-order chi connectivity index (χ1) is 11.6. The summed E-state index contributed by atoms with van der Waals surface area (Å²) in [5.41, 5.74) is 3.17. The van der Waals surface area contributed by atoms with Crippen LogP contribution >= 0.6 is 0 Å². The van der Waals surface area contributed by atoms with Gasteiger partial charge < -0.3 is 4.90 Å². The zero-order valence-corrected chi connectivity index (χ0v) is 13.9. The quantitative estimate of drug-likeness (QED) is 0.828. The van der Waals surface area contributed by atoms with Gasteiger partial charge in [-0.2, -0.15) is 0 Å². The fourth-order valence-electron chi connectivity index (χ4n) is 4.15. The van der Waals surface area contributed by atoms with Gasteiger partial charge in [0.15, 0.2) is 0 Å². The molecular formula is C20H22F2N2. The lowest BCUT2D eigenvalue weighted by molar-refractivity contribution is 0.110. The molecule has 2 atom stereocenters. The van der Waals surface area contributed by atoms with E-state index in [1.807, 2.05) is 12.1 Å². The standard InChI is InChI=1S/C20H22F2N2/c1-23-7-9-24(10-8-23)20-13-18(14-3-2-4-15(21)11-14)19-12-16(22)5-6-17(19)20/h2-6,11-12,18,20H,7-10,13H2,1H3. The Labute approximate surface area is 141 Å². The van der Waals surface area contributed by atoms with Crippen LogP contribution in [0.25, 0.3) is 0 Å². The number of hydrogen-bond acceptors (Lipinski definition) is 2. The molecule has 24 heavy (non-hydrogen) atoms. The Hall–Kier alpha value is -1.78. The molecule has 0 radical (unpaired) electrons. The normalized spacial score (nSPS) is 25.0. The summed E-state index contributed by atoms with van der Waals surface area (Å²) in [5, 5.41) is 0. The predicted octanol–water partition coefficient (Wildman–Crippen LogP) is 3.79. The second-order valence-corrected chi connectivity index (χ2v) is 6.97. The summed E-state index contributed by atoms with van der Waals surface area (Å²) in [6, 6.07) is 12.2. The van der Waals surface area contributed by atoms with Crippen molar-refractivity contribution in [1.82, 2.24) is 9.80 Å². The van der Waals surface area contributed by atoms with Gasteiger partial charge in [0.05, 0.1) is 0 Å². The van der Waals surface area contributed by atoms with Gasteiger partial charge in [-0.1, -0.05) is 18.2 Å². The van der Waals surface area contributed by atoms with Gasteiger partial charge in [0.25, 0.3) is 0 Å². The lowest BCUT2D eigenvalue weighted by Gasteiger charge is -2.37. The fraction of sp³-hybridized carbons (Fsp3) is 0.400. The van der Waals surface area contributed by atoms with Crippen LogP contribution in [0.5, 0.6) is 0 Å². The summed E-state index contributed by atoms with van der Waals surface area (Å²) < 4.78 is 27.5. The molecule has 0 saturated carbocycles. The van der Waals surface area contributed by atoms with Crippen LogP contribution in [-0.4, -0.2) is 43.0 Å². The Balaban J connectivity index is 1.70. The summed E-state index contributed by atoms with van der Waals surface area (Å²) >= 11 is 0. The lowest BCUT2D eigenvalue weighted by Crippen LogP contribution is -2.45. The maximum atomic E-state index is 13.9. The molecule has 0 aromatic heterocycles. The third kappa shape index (κ3) is 2.85. The molecule has 2 unspecified atom stereocenters. The third-order valence-electron chi connectivity index (χ3n) is 5.47. The summed E-state index contributed by atoms with van der Waals surface area (Å²) in [6.07, 6.45) is 0.895. The van der Waals surface area contributed by atoms with Gasteiger partial charge >= 0.3 is 0 Å². The van der Waals surface area contributed by atoms with Crippen LogP contribution in [0.4, 0.5) is 8.78 Å². The minimum absolute atomic E-state index is 0.0658. The number of piperazine rings is 1. The van der Waals surface area contributed by atoms with Crippen LogP contribution in [-0.2, 0) is 0 Å². The molecule has 126 valence electrons. The summed E-state index contributed by atoms with van der Waals surface area (Å²) in [6.45, 7) is 4.15. The van der Waals surface area contributed by atoms with Crippen molar-refractivity contribution < 1.29 is 8.78 Å². The van der Waals surface area contributed by atoms with Gasteiger partial charge in [-0.15, -0.1) is 0 Å². The first-order valence-corrected chi connectivity index (χ1v) is 8.59. The minimum Gasteiger partial charge on any atom is -0.304 e. The second-order valence-electron chi connectivity index (χ2n) is 6.97. The number of hydrogen-bond donors (Lipinski definition) is 0. The number of rotatable bonds is 2. The molecule has 4 heteroatoms. The average Bonchev–Trinajstić information content (AvgIpc) is 2.94. The second kappa shape index (κ2) is 6.26. The van der Waals surface area contributed by atoms with Crippen LogP contribution in [0.15, 0.2) is 42.5 Å². The van der Waals surface area contributed by atoms with Crippen LogP contribution in [0.3, 0.4) is 0 Å². The maximum Gasteiger partial charge on any atom is 0.123 e. The third-order valence-corrected chi connectivity index (χ3v) is 5.47. The summed E-state index contributed by atoms with van der Waals surface area (Å²) in [4.78, 5) is 4.83. The molecule has 2 aliphatic rings. The smallest absolute Gasteiger partial charge is 0.123 e. The van der Waals surface area contributed by atoms with Gasteiger partial charge in [0.2, 0.25) is 0 Å². The topological polar surface area (TPSA) is 6.48 Å². The highest BCUT2D eigenvalue weighted by atomic mass is 19.1. The van der Waals surface area contributed by atoms with Gasteiger partial charge in [-0.3, -0.25) is 4.90 Å². The van der Waals surface area contributed by atoms with Crippen molar-refractivity contribution in [3.63, 3.8) is 0 Å². The Morgan fingerprint density at radius 3 is 2.38 bits per heavy atom. The Kier molecular flexibility index (Phi) is 4.10. The van der Waals surface area contributed by atoms with E-state index < -0.39 is 0 Å². The molecule has 2 aromatic carbocycles. The number of halogens is 2. The molecule has 0 amide bonds. The molecule has 0 N–H and O–H groups in total. The van der Waals surface area contributed by atoms with E-state index in [1.54, 1.807) is 24.3 Å². The van der Waals surface area contributed by atoms with E-state index >= 15 is 0 Å². The highest BCUT2D eigenvalue weighted by molar-refractivity contribution is 5.45. The fourth-order valence-corrected chi connectivity index (χ4v) is 4.15. The van der Waals surface area contributed by atoms with Crippen LogP contribution in [0.2, 0.25) is 0 Å².